The van der Waals surface area contributed by atoms with Crippen LogP contribution in [0.5, 0.6) is 0 Å². The van der Waals surface area contributed by atoms with Gasteiger partial charge >= 0.3 is 0 Å². The minimum atomic E-state index is 0.936. The van der Waals surface area contributed by atoms with Crippen molar-refractivity contribution in [1.29, 1.82) is 0 Å². The zero-order valence-corrected chi connectivity index (χ0v) is 11.7. The molecule has 19 heavy (non-hydrogen) atoms. The third-order valence-corrected chi connectivity index (χ3v) is 3.82. The molecule has 3 nitrogen and oxygen atoms in total. The van der Waals surface area contributed by atoms with Gasteiger partial charge in [0, 0.05) is 30.9 Å². The lowest BCUT2D eigenvalue weighted by Gasteiger charge is -2.21. The summed E-state index contributed by atoms with van der Waals surface area (Å²) in [7, 11) is 0. The Bertz CT molecular complexity index is 584. The third-order valence-electron chi connectivity index (χ3n) is 3.82. The lowest BCUT2D eigenvalue weighted by atomic mass is 9.97. The summed E-state index contributed by atoms with van der Waals surface area (Å²) < 4.78 is 2.11. The van der Waals surface area contributed by atoms with E-state index in [-0.39, 0.29) is 0 Å². The highest BCUT2D eigenvalue weighted by atomic mass is 15.3. The van der Waals surface area contributed by atoms with Crippen molar-refractivity contribution in [3.8, 4) is 0 Å². The number of nitrogens with one attached hydrogen (secondary N) is 1. The van der Waals surface area contributed by atoms with E-state index < -0.39 is 0 Å². The molecule has 1 aliphatic heterocycles. The third kappa shape index (κ3) is 2.37. The van der Waals surface area contributed by atoms with Gasteiger partial charge in [0.15, 0.2) is 0 Å². The molecule has 0 saturated heterocycles. The first-order valence-corrected chi connectivity index (χ1v) is 7.16. The zero-order chi connectivity index (χ0) is 13.2. The number of aromatic nitrogens is 2. The number of benzene rings is 1. The first-order valence-electron chi connectivity index (χ1n) is 7.16. The van der Waals surface area contributed by atoms with Crippen molar-refractivity contribution in [3.63, 3.8) is 0 Å². The number of hydrogen-bond donors (Lipinski definition) is 1. The Morgan fingerprint density at radius 2 is 2.26 bits per heavy atom. The molecule has 0 unspecified atom stereocenters. The second-order valence-corrected chi connectivity index (χ2v) is 5.25. The summed E-state index contributed by atoms with van der Waals surface area (Å²) >= 11 is 0. The molecule has 0 saturated carbocycles. The molecule has 2 heterocycles. The maximum Gasteiger partial charge on any atom is 0.0596 e. The highest BCUT2D eigenvalue weighted by molar-refractivity contribution is 5.60. The number of nitrogens with zero attached hydrogens (tertiary/aromatic N) is 2. The molecule has 0 atom stereocenters. The predicted octanol–water partition coefficient (Wildman–Crippen LogP) is 3.16. The first kappa shape index (κ1) is 12.3. The van der Waals surface area contributed by atoms with Crippen LogP contribution >= 0.6 is 0 Å². The standard InChI is InChI=1S/C16H21N3/c1-3-19-15(10-12(2)18-19)11-14-7-4-6-13-8-5-9-17-16(13)14/h4,6-7,10,17H,3,5,8-9,11H2,1-2H3. The van der Waals surface area contributed by atoms with E-state index in [0.717, 1.165) is 25.2 Å². The predicted molar refractivity (Wildman–Crippen MR) is 78.7 cm³/mol. The van der Waals surface area contributed by atoms with Gasteiger partial charge < -0.3 is 5.32 Å². The van der Waals surface area contributed by atoms with Crippen LogP contribution in [0.15, 0.2) is 24.3 Å². The number of hydrogen-bond acceptors (Lipinski definition) is 2. The van der Waals surface area contributed by atoms with Crippen molar-refractivity contribution in [2.24, 2.45) is 0 Å². The molecule has 3 rings (SSSR count). The summed E-state index contributed by atoms with van der Waals surface area (Å²) in [6, 6.07) is 8.86. The molecule has 0 bridgehead atoms. The fourth-order valence-electron chi connectivity index (χ4n) is 2.94. The smallest absolute Gasteiger partial charge is 0.0596 e. The van der Waals surface area contributed by atoms with E-state index in [4.69, 9.17) is 0 Å². The number of fused-ring (bicyclic) bond motifs is 1. The summed E-state index contributed by atoms with van der Waals surface area (Å²) in [6.07, 6.45) is 3.40. The molecular formula is C16H21N3. The monoisotopic (exact) mass is 255 g/mol. The van der Waals surface area contributed by atoms with E-state index in [1.807, 2.05) is 0 Å². The van der Waals surface area contributed by atoms with Crippen LogP contribution in [0.2, 0.25) is 0 Å². The second kappa shape index (κ2) is 5.08. The summed E-state index contributed by atoms with van der Waals surface area (Å²) in [6.45, 7) is 6.24. The summed E-state index contributed by atoms with van der Waals surface area (Å²) in [5.41, 5.74) is 6.63. The normalized spacial score (nSPS) is 14.0. The molecule has 0 radical (unpaired) electrons. The Balaban J connectivity index is 1.94. The Kier molecular flexibility index (Phi) is 3.28. The van der Waals surface area contributed by atoms with Gasteiger partial charge in [-0.2, -0.15) is 5.10 Å². The summed E-state index contributed by atoms with van der Waals surface area (Å²) in [4.78, 5) is 0. The minimum absolute atomic E-state index is 0.936. The average molecular weight is 255 g/mol. The van der Waals surface area contributed by atoms with Crippen molar-refractivity contribution in [1.82, 2.24) is 9.78 Å². The molecule has 0 fully saturated rings. The second-order valence-electron chi connectivity index (χ2n) is 5.25. The maximum absolute atomic E-state index is 4.53. The molecule has 3 heteroatoms. The molecule has 0 spiro atoms. The molecule has 1 aromatic heterocycles. The van der Waals surface area contributed by atoms with Crippen molar-refractivity contribution < 1.29 is 0 Å². The SMILES string of the molecule is CCn1nc(C)cc1Cc1cccc2c1NCCC2. The first-order chi connectivity index (χ1) is 9.28. The van der Waals surface area contributed by atoms with Gasteiger partial charge in [-0.1, -0.05) is 18.2 Å². The van der Waals surface area contributed by atoms with Crippen molar-refractivity contribution in [2.75, 3.05) is 11.9 Å². The largest absolute Gasteiger partial charge is 0.385 e. The fourth-order valence-corrected chi connectivity index (χ4v) is 2.94. The minimum Gasteiger partial charge on any atom is -0.385 e. The van der Waals surface area contributed by atoms with Crippen LogP contribution in [0.25, 0.3) is 0 Å². The molecule has 2 aromatic rings. The van der Waals surface area contributed by atoms with Gasteiger partial charge in [-0.3, -0.25) is 4.68 Å². The van der Waals surface area contributed by atoms with E-state index in [0.29, 0.717) is 0 Å². The van der Waals surface area contributed by atoms with Gasteiger partial charge in [-0.25, -0.2) is 0 Å². The van der Waals surface area contributed by atoms with E-state index in [2.05, 4.69) is 53.2 Å². The van der Waals surface area contributed by atoms with Gasteiger partial charge in [-0.15, -0.1) is 0 Å². The highest BCUT2D eigenvalue weighted by Gasteiger charge is 2.14. The maximum atomic E-state index is 4.53. The van der Waals surface area contributed by atoms with Crippen molar-refractivity contribution >= 4 is 5.69 Å². The number of rotatable bonds is 3. The Labute approximate surface area is 114 Å². The van der Waals surface area contributed by atoms with Crippen LogP contribution in [0.1, 0.15) is 35.9 Å². The van der Waals surface area contributed by atoms with Gasteiger partial charge in [0.05, 0.1) is 5.69 Å². The van der Waals surface area contributed by atoms with Gasteiger partial charge in [0.25, 0.3) is 0 Å². The lowest BCUT2D eigenvalue weighted by Crippen LogP contribution is -2.14. The Morgan fingerprint density at radius 3 is 3.11 bits per heavy atom. The summed E-state index contributed by atoms with van der Waals surface area (Å²) in [5, 5.41) is 8.10. The fraction of sp³-hybridized carbons (Fsp3) is 0.438. The molecule has 1 N–H and O–H groups in total. The van der Waals surface area contributed by atoms with Gasteiger partial charge in [0.2, 0.25) is 0 Å². The molecule has 0 aliphatic carbocycles. The highest BCUT2D eigenvalue weighted by Crippen LogP contribution is 2.28. The summed E-state index contributed by atoms with van der Waals surface area (Å²) in [5.74, 6) is 0. The quantitative estimate of drug-likeness (QED) is 0.913. The molecule has 1 aliphatic rings. The van der Waals surface area contributed by atoms with Crippen LogP contribution in [-0.2, 0) is 19.4 Å². The van der Waals surface area contributed by atoms with Crippen LogP contribution < -0.4 is 5.32 Å². The van der Waals surface area contributed by atoms with E-state index in [1.165, 1.54) is 35.3 Å². The topological polar surface area (TPSA) is 29.9 Å². The lowest BCUT2D eigenvalue weighted by molar-refractivity contribution is 0.625. The number of para-hydroxylation sites is 1. The van der Waals surface area contributed by atoms with E-state index in [9.17, 15) is 0 Å². The molecule has 100 valence electrons. The zero-order valence-electron chi connectivity index (χ0n) is 11.7. The van der Waals surface area contributed by atoms with Crippen LogP contribution in [0.3, 0.4) is 0 Å². The van der Waals surface area contributed by atoms with Crippen LogP contribution in [0.4, 0.5) is 5.69 Å². The number of aryl methyl sites for hydroxylation is 3. The number of anilines is 1. The molecule has 1 aromatic carbocycles. The Hall–Kier alpha value is -1.77. The van der Waals surface area contributed by atoms with E-state index >= 15 is 0 Å². The van der Waals surface area contributed by atoms with Gasteiger partial charge in [-0.05, 0) is 43.9 Å². The Morgan fingerprint density at radius 1 is 1.37 bits per heavy atom. The molecular weight excluding hydrogens is 234 g/mol. The van der Waals surface area contributed by atoms with Crippen molar-refractivity contribution in [2.45, 2.75) is 39.7 Å². The van der Waals surface area contributed by atoms with Gasteiger partial charge in [0.1, 0.15) is 0 Å². The average Bonchev–Trinajstić information content (AvgIpc) is 2.79. The van der Waals surface area contributed by atoms with Crippen LogP contribution in [-0.4, -0.2) is 16.3 Å². The van der Waals surface area contributed by atoms with E-state index in [1.54, 1.807) is 0 Å². The molecule has 0 amide bonds. The van der Waals surface area contributed by atoms with Crippen LogP contribution in [0, 0.1) is 6.92 Å². The van der Waals surface area contributed by atoms with Crippen molar-refractivity contribution in [3.05, 3.63) is 46.8 Å².